The van der Waals surface area contributed by atoms with Crippen LogP contribution in [0.4, 0.5) is 0 Å². The number of benzene rings is 3. The molecule has 3 nitrogen and oxygen atoms in total. The Morgan fingerprint density at radius 3 is 1.33 bits per heavy atom. The molecule has 1 aliphatic rings. The topological polar surface area (TPSA) is 43.7 Å². The van der Waals surface area contributed by atoms with Crippen LogP contribution in [0.3, 0.4) is 0 Å². The molecule has 3 aromatic carbocycles. The van der Waals surface area contributed by atoms with Crippen LogP contribution in [0.1, 0.15) is 6.92 Å². The molecule has 1 unspecified atom stereocenters. The van der Waals surface area contributed by atoms with E-state index in [0.29, 0.717) is 0 Å². The molecule has 1 heterocycles. The standard InChI is InChI=1S/C20H20NO2P/c1-20(21-22-20)23-24(17-11-5-2-6-12-17,18-13-7-3-8-14-18)19-15-9-4-10-16-19/h2-16,21,24H,1H3. The molecule has 1 atom stereocenters. The van der Waals surface area contributed by atoms with Gasteiger partial charge in [-0.1, -0.05) is 0 Å². The third-order valence-corrected chi connectivity index (χ3v) is 8.41. The van der Waals surface area contributed by atoms with Crippen LogP contribution >= 0.6 is 7.49 Å². The molecular formula is C20H20NO2P. The Labute approximate surface area is 142 Å². The molecule has 0 spiro atoms. The van der Waals surface area contributed by atoms with Crippen LogP contribution in [-0.4, -0.2) is 5.91 Å². The van der Waals surface area contributed by atoms with Gasteiger partial charge in [0.1, 0.15) is 0 Å². The number of nitrogens with one attached hydrogen (secondary N) is 1. The average Bonchev–Trinajstić information content (AvgIpc) is 3.39. The Bertz CT molecular complexity index is 708. The van der Waals surface area contributed by atoms with Crippen molar-refractivity contribution >= 4 is 23.4 Å². The van der Waals surface area contributed by atoms with E-state index >= 15 is 0 Å². The van der Waals surface area contributed by atoms with Gasteiger partial charge in [0.05, 0.1) is 0 Å². The summed E-state index contributed by atoms with van der Waals surface area (Å²) in [4.78, 5) is 5.38. The molecule has 0 aliphatic carbocycles. The zero-order valence-corrected chi connectivity index (χ0v) is 14.5. The van der Waals surface area contributed by atoms with Gasteiger partial charge < -0.3 is 0 Å². The van der Waals surface area contributed by atoms with E-state index in [-0.39, 0.29) is 0 Å². The van der Waals surface area contributed by atoms with Crippen LogP contribution < -0.4 is 21.4 Å². The Balaban J connectivity index is 1.99. The summed E-state index contributed by atoms with van der Waals surface area (Å²) in [7, 11) is -2.68. The molecule has 4 heteroatoms. The molecule has 3 aromatic rings. The third kappa shape index (κ3) is 2.77. The van der Waals surface area contributed by atoms with Crippen molar-refractivity contribution in [2.45, 2.75) is 12.8 Å². The van der Waals surface area contributed by atoms with Crippen LogP contribution in [0.15, 0.2) is 91.0 Å². The second kappa shape index (κ2) is 6.12. The van der Waals surface area contributed by atoms with Crippen LogP contribution in [0.2, 0.25) is 0 Å². The zero-order valence-electron chi connectivity index (χ0n) is 13.5. The van der Waals surface area contributed by atoms with Crippen molar-refractivity contribution < 1.29 is 9.36 Å². The van der Waals surface area contributed by atoms with E-state index < -0.39 is 13.4 Å². The van der Waals surface area contributed by atoms with Crippen molar-refractivity contribution in [3.8, 4) is 0 Å². The summed E-state index contributed by atoms with van der Waals surface area (Å²) in [5.41, 5.74) is 2.89. The molecule has 0 amide bonds. The fourth-order valence-corrected chi connectivity index (χ4v) is 7.11. The Kier molecular flexibility index (Phi) is 3.95. The Hall–Kier alpha value is -2.03. The molecule has 24 heavy (non-hydrogen) atoms. The Morgan fingerprint density at radius 1 is 0.708 bits per heavy atom. The van der Waals surface area contributed by atoms with E-state index in [1.807, 2.05) is 25.1 Å². The maximum atomic E-state index is 6.70. The van der Waals surface area contributed by atoms with Gasteiger partial charge in [0.2, 0.25) is 0 Å². The number of hydrogen-bond acceptors (Lipinski definition) is 3. The molecule has 1 saturated heterocycles. The second-order valence-electron chi connectivity index (χ2n) is 6.03. The fourth-order valence-electron chi connectivity index (χ4n) is 3.10. The quantitative estimate of drug-likeness (QED) is 0.575. The van der Waals surface area contributed by atoms with Crippen LogP contribution in [0.25, 0.3) is 0 Å². The predicted molar refractivity (Wildman–Crippen MR) is 100 cm³/mol. The van der Waals surface area contributed by atoms with E-state index in [0.717, 1.165) is 0 Å². The van der Waals surface area contributed by atoms with Crippen molar-refractivity contribution in [1.82, 2.24) is 5.48 Å². The molecule has 1 N–H and O–H groups in total. The van der Waals surface area contributed by atoms with E-state index in [1.165, 1.54) is 15.9 Å². The first-order valence-corrected chi connectivity index (χ1v) is 9.96. The van der Waals surface area contributed by atoms with E-state index in [1.54, 1.807) is 0 Å². The summed E-state index contributed by atoms with van der Waals surface area (Å²) < 4.78 is 6.70. The minimum absolute atomic E-state index is 0.742. The maximum absolute atomic E-state index is 6.70. The van der Waals surface area contributed by atoms with E-state index in [2.05, 4.69) is 78.3 Å². The van der Waals surface area contributed by atoms with Crippen molar-refractivity contribution in [3.05, 3.63) is 91.0 Å². The zero-order chi connectivity index (χ0) is 16.5. The summed E-state index contributed by atoms with van der Waals surface area (Å²) in [6, 6.07) is 31.4. The van der Waals surface area contributed by atoms with Crippen molar-refractivity contribution in [2.75, 3.05) is 0 Å². The molecule has 4 rings (SSSR count). The molecule has 0 aromatic heterocycles. The van der Waals surface area contributed by atoms with Gasteiger partial charge in [-0.25, -0.2) is 0 Å². The van der Waals surface area contributed by atoms with Gasteiger partial charge in [0, 0.05) is 0 Å². The van der Waals surface area contributed by atoms with Crippen LogP contribution in [0.5, 0.6) is 0 Å². The van der Waals surface area contributed by atoms with Gasteiger partial charge >= 0.3 is 142 Å². The summed E-state index contributed by atoms with van der Waals surface area (Å²) >= 11 is 0. The van der Waals surface area contributed by atoms with Gasteiger partial charge in [-0.3, -0.25) is 0 Å². The van der Waals surface area contributed by atoms with Crippen molar-refractivity contribution in [1.29, 1.82) is 0 Å². The average molecular weight is 337 g/mol. The van der Waals surface area contributed by atoms with Gasteiger partial charge in [0.15, 0.2) is 0 Å². The molecule has 0 radical (unpaired) electrons. The van der Waals surface area contributed by atoms with Gasteiger partial charge in [-0.05, 0) is 0 Å². The predicted octanol–water partition coefficient (Wildman–Crippen LogP) is 2.85. The van der Waals surface area contributed by atoms with Crippen molar-refractivity contribution in [3.63, 3.8) is 0 Å². The third-order valence-electron chi connectivity index (χ3n) is 4.28. The summed E-state index contributed by atoms with van der Waals surface area (Å²) in [6.07, 6.45) is 0. The van der Waals surface area contributed by atoms with Crippen LogP contribution in [-0.2, 0) is 9.36 Å². The molecule has 0 saturated carbocycles. The molecule has 0 bridgehead atoms. The molecule has 122 valence electrons. The number of hydrogen-bond donors (Lipinski definition) is 1. The normalized spacial score (nSPS) is 20.5. The van der Waals surface area contributed by atoms with Gasteiger partial charge in [-0.15, -0.1) is 0 Å². The van der Waals surface area contributed by atoms with E-state index in [9.17, 15) is 0 Å². The summed E-state index contributed by atoms with van der Waals surface area (Å²) in [5.74, 6) is -0.742. The van der Waals surface area contributed by atoms with Gasteiger partial charge in [0.25, 0.3) is 0 Å². The monoisotopic (exact) mass is 337 g/mol. The molecule has 1 aliphatic heterocycles. The van der Waals surface area contributed by atoms with E-state index in [4.69, 9.17) is 9.36 Å². The second-order valence-corrected chi connectivity index (χ2v) is 9.33. The first-order valence-electron chi connectivity index (χ1n) is 8.05. The molecule has 1 fully saturated rings. The van der Waals surface area contributed by atoms with Crippen molar-refractivity contribution in [2.24, 2.45) is 0 Å². The number of hydroxylamine groups is 1. The first-order chi connectivity index (χ1) is 11.7. The SMILES string of the molecule is CC1(O[PH](c2ccccc2)(c2ccccc2)c2ccccc2)NO1. The first kappa shape index (κ1) is 15.5. The van der Waals surface area contributed by atoms with Gasteiger partial charge in [-0.2, -0.15) is 0 Å². The fraction of sp³-hybridized carbons (Fsp3) is 0.100. The summed E-state index contributed by atoms with van der Waals surface area (Å²) in [5, 5.41) is 3.59. The molecular weight excluding hydrogens is 317 g/mol. The van der Waals surface area contributed by atoms with Crippen LogP contribution in [0, 0.1) is 0 Å². The number of rotatable bonds is 5. The Morgan fingerprint density at radius 2 is 1.04 bits per heavy atom. The summed E-state index contributed by atoms with van der Waals surface area (Å²) in [6.45, 7) is 1.92. The minimum atomic E-state index is -2.68.